The van der Waals surface area contributed by atoms with Crippen LogP contribution in [0.25, 0.3) is 10.9 Å². The Morgan fingerprint density at radius 2 is 2.00 bits per heavy atom. The molecule has 2 N–H and O–H groups in total. The predicted molar refractivity (Wildman–Crippen MR) is 61.5 cm³/mol. The number of aromatic nitrogens is 1. The first-order chi connectivity index (χ1) is 7.07. The normalized spacial score (nSPS) is 10.5. The van der Waals surface area contributed by atoms with Gasteiger partial charge in [-0.1, -0.05) is 0 Å². The molecule has 0 aliphatic rings. The highest BCUT2D eigenvalue weighted by Gasteiger charge is 2.13. The first-order valence-electron chi connectivity index (χ1n) is 4.82. The molecular weight excluding hydrogens is 186 g/mol. The molecule has 2 aromatic rings. The summed E-state index contributed by atoms with van der Waals surface area (Å²) >= 11 is 0. The molecule has 15 heavy (non-hydrogen) atoms. The van der Waals surface area contributed by atoms with Crippen LogP contribution in [-0.4, -0.2) is 4.57 Å². The molecule has 0 atom stereocenters. The SMILES string of the molecule is Cc1c(C)n(C)c2ccc(N)c(C#N)c12. The van der Waals surface area contributed by atoms with Crippen LogP contribution in [0.4, 0.5) is 5.69 Å². The number of nitrogens with zero attached hydrogens (tertiary/aromatic N) is 2. The number of nitrogen functional groups attached to an aromatic ring is 1. The van der Waals surface area contributed by atoms with E-state index in [1.54, 1.807) is 6.07 Å². The van der Waals surface area contributed by atoms with Crippen LogP contribution in [-0.2, 0) is 7.05 Å². The zero-order chi connectivity index (χ0) is 11.2. The molecule has 0 unspecified atom stereocenters. The van der Waals surface area contributed by atoms with Crippen LogP contribution in [0.1, 0.15) is 16.8 Å². The number of aryl methyl sites for hydroxylation is 2. The minimum Gasteiger partial charge on any atom is -0.398 e. The number of hydrogen-bond donors (Lipinski definition) is 1. The smallest absolute Gasteiger partial charge is 0.102 e. The summed E-state index contributed by atoms with van der Waals surface area (Å²) in [4.78, 5) is 0. The van der Waals surface area contributed by atoms with Gasteiger partial charge in [0.15, 0.2) is 0 Å². The van der Waals surface area contributed by atoms with Crippen molar-refractivity contribution < 1.29 is 0 Å². The van der Waals surface area contributed by atoms with Crippen molar-refractivity contribution >= 4 is 16.6 Å². The minimum absolute atomic E-state index is 0.554. The maximum absolute atomic E-state index is 9.10. The highest BCUT2D eigenvalue weighted by atomic mass is 14.9. The average molecular weight is 199 g/mol. The third kappa shape index (κ3) is 1.11. The summed E-state index contributed by atoms with van der Waals surface area (Å²) in [5.74, 6) is 0. The van der Waals surface area contributed by atoms with Gasteiger partial charge in [0.05, 0.1) is 11.3 Å². The molecule has 0 saturated carbocycles. The second kappa shape index (κ2) is 3.03. The third-order valence-corrected chi connectivity index (χ3v) is 3.11. The van der Waals surface area contributed by atoms with Gasteiger partial charge in [-0.15, -0.1) is 0 Å². The van der Waals surface area contributed by atoms with Crippen molar-refractivity contribution in [3.8, 4) is 6.07 Å². The number of benzene rings is 1. The maximum Gasteiger partial charge on any atom is 0.102 e. The van der Waals surface area contributed by atoms with Crippen LogP contribution in [0.2, 0.25) is 0 Å². The standard InChI is InChI=1S/C12H13N3/c1-7-8(2)15(3)11-5-4-10(14)9(6-13)12(7)11/h4-5H,14H2,1-3H3. The largest absolute Gasteiger partial charge is 0.398 e. The summed E-state index contributed by atoms with van der Waals surface area (Å²) in [5.41, 5.74) is 10.3. The summed E-state index contributed by atoms with van der Waals surface area (Å²) in [6, 6.07) is 5.94. The molecule has 0 aliphatic carbocycles. The van der Waals surface area contributed by atoms with E-state index in [2.05, 4.69) is 10.6 Å². The number of nitrogens with two attached hydrogens (primary N) is 1. The van der Waals surface area contributed by atoms with Gasteiger partial charge in [0.25, 0.3) is 0 Å². The van der Waals surface area contributed by atoms with E-state index < -0.39 is 0 Å². The summed E-state index contributed by atoms with van der Waals surface area (Å²) in [7, 11) is 2.00. The number of hydrogen-bond acceptors (Lipinski definition) is 2. The van der Waals surface area contributed by atoms with Crippen LogP contribution in [0.15, 0.2) is 12.1 Å². The molecule has 3 nitrogen and oxygen atoms in total. The van der Waals surface area contributed by atoms with Crippen molar-refractivity contribution in [1.82, 2.24) is 4.57 Å². The van der Waals surface area contributed by atoms with E-state index in [-0.39, 0.29) is 0 Å². The summed E-state index contributed by atoms with van der Waals surface area (Å²) < 4.78 is 2.09. The van der Waals surface area contributed by atoms with E-state index in [0.717, 1.165) is 16.5 Å². The minimum atomic E-state index is 0.554. The van der Waals surface area contributed by atoms with Gasteiger partial charge in [0.2, 0.25) is 0 Å². The van der Waals surface area contributed by atoms with Gasteiger partial charge >= 0.3 is 0 Å². The summed E-state index contributed by atoms with van der Waals surface area (Å²) in [6.07, 6.45) is 0. The predicted octanol–water partition coefficient (Wildman–Crippen LogP) is 2.25. The van der Waals surface area contributed by atoms with E-state index in [9.17, 15) is 0 Å². The van der Waals surface area contributed by atoms with Crippen molar-refractivity contribution in [3.05, 3.63) is 29.0 Å². The fraction of sp³-hybridized carbons (Fsp3) is 0.250. The maximum atomic E-state index is 9.10. The first-order valence-corrected chi connectivity index (χ1v) is 4.82. The molecule has 3 heteroatoms. The third-order valence-electron chi connectivity index (χ3n) is 3.11. The van der Waals surface area contributed by atoms with E-state index in [4.69, 9.17) is 11.0 Å². The van der Waals surface area contributed by atoms with Crippen LogP contribution < -0.4 is 5.73 Å². The van der Waals surface area contributed by atoms with Crippen LogP contribution >= 0.6 is 0 Å². The van der Waals surface area contributed by atoms with Gasteiger partial charge in [-0.05, 0) is 31.5 Å². The molecule has 1 heterocycles. The second-order valence-corrected chi connectivity index (χ2v) is 3.81. The van der Waals surface area contributed by atoms with Crippen molar-refractivity contribution in [2.24, 2.45) is 7.05 Å². The van der Waals surface area contributed by atoms with Crippen molar-refractivity contribution in [1.29, 1.82) is 5.26 Å². The molecule has 0 radical (unpaired) electrons. The summed E-state index contributed by atoms with van der Waals surface area (Å²) in [6.45, 7) is 4.07. The molecule has 1 aromatic carbocycles. The molecule has 0 amide bonds. The van der Waals surface area contributed by atoms with Gasteiger partial charge in [0.1, 0.15) is 6.07 Å². The number of anilines is 1. The Morgan fingerprint density at radius 3 is 2.60 bits per heavy atom. The monoisotopic (exact) mass is 199 g/mol. The average Bonchev–Trinajstić information content (AvgIpc) is 2.44. The van der Waals surface area contributed by atoms with E-state index in [1.165, 1.54) is 5.69 Å². The lowest BCUT2D eigenvalue weighted by Gasteiger charge is -2.01. The topological polar surface area (TPSA) is 54.7 Å². The molecule has 0 aliphatic heterocycles. The van der Waals surface area contributed by atoms with Gasteiger partial charge in [-0.3, -0.25) is 0 Å². The zero-order valence-electron chi connectivity index (χ0n) is 9.13. The quantitative estimate of drug-likeness (QED) is 0.661. The Labute approximate surface area is 88.7 Å². The molecule has 0 saturated heterocycles. The number of nitriles is 1. The van der Waals surface area contributed by atoms with Gasteiger partial charge in [-0.25, -0.2) is 0 Å². The lowest BCUT2D eigenvalue weighted by atomic mass is 10.1. The number of fused-ring (bicyclic) bond motifs is 1. The van der Waals surface area contributed by atoms with E-state index >= 15 is 0 Å². The number of rotatable bonds is 0. The van der Waals surface area contributed by atoms with Gasteiger partial charge in [-0.2, -0.15) is 5.26 Å². The van der Waals surface area contributed by atoms with Gasteiger partial charge in [0, 0.05) is 23.6 Å². The molecule has 0 fully saturated rings. The zero-order valence-corrected chi connectivity index (χ0v) is 9.13. The van der Waals surface area contributed by atoms with Crippen LogP contribution in [0, 0.1) is 25.2 Å². The Morgan fingerprint density at radius 1 is 1.33 bits per heavy atom. The molecule has 0 bridgehead atoms. The molecule has 1 aromatic heterocycles. The van der Waals surface area contributed by atoms with Crippen molar-refractivity contribution in [2.45, 2.75) is 13.8 Å². The molecular formula is C12H13N3. The summed E-state index contributed by atoms with van der Waals surface area (Å²) in [5, 5.41) is 10.1. The molecule has 76 valence electrons. The Balaban J connectivity index is 3.07. The highest BCUT2D eigenvalue weighted by Crippen LogP contribution is 2.30. The van der Waals surface area contributed by atoms with Gasteiger partial charge < -0.3 is 10.3 Å². The first kappa shape index (κ1) is 9.60. The van der Waals surface area contributed by atoms with Crippen molar-refractivity contribution in [3.63, 3.8) is 0 Å². The lowest BCUT2D eigenvalue weighted by Crippen LogP contribution is -1.92. The van der Waals surface area contributed by atoms with E-state index in [0.29, 0.717) is 11.3 Å². The second-order valence-electron chi connectivity index (χ2n) is 3.81. The molecule has 2 rings (SSSR count). The Kier molecular flexibility index (Phi) is 1.94. The van der Waals surface area contributed by atoms with E-state index in [1.807, 2.05) is 27.0 Å². The van der Waals surface area contributed by atoms with Crippen LogP contribution in [0.5, 0.6) is 0 Å². The Hall–Kier alpha value is -1.95. The fourth-order valence-corrected chi connectivity index (χ4v) is 2.00. The fourth-order valence-electron chi connectivity index (χ4n) is 2.00. The molecule has 0 spiro atoms. The van der Waals surface area contributed by atoms with Crippen molar-refractivity contribution in [2.75, 3.05) is 5.73 Å². The lowest BCUT2D eigenvalue weighted by molar-refractivity contribution is 0.910. The van der Waals surface area contributed by atoms with Crippen LogP contribution in [0.3, 0.4) is 0 Å². The highest BCUT2D eigenvalue weighted by molar-refractivity contribution is 5.94. The Bertz CT molecular complexity index is 585.